The van der Waals surface area contributed by atoms with Gasteiger partial charge in [-0.15, -0.1) is 0 Å². The normalized spacial score (nSPS) is 12.1. The molecule has 2 aromatic rings. The number of hydrogen-bond acceptors (Lipinski definition) is 3. The SMILES string of the molecule is COc1cccc(C(CNC(=O)c2cc(F)ccc2F)N(C)C)c1. The first kappa shape index (κ1) is 17.9. The summed E-state index contributed by atoms with van der Waals surface area (Å²) in [4.78, 5) is 14.1. The standard InChI is InChI=1S/C18H20F2N2O2/c1-22(2)17(12-5-4-6-14(9-12)24-3)11-21-18(23)15-10-13(19)7-8-16(15)20/h4-10,17H,11H2,1-3H3,(H,21,23). The fourth-order valence-electron chi connectivity index (χ4n) is 2.40. The van der Waals surface area contributed by atoms with Crippen LogP contribution in [0.4, 0.5) is 8.78 Å². The molecule has 0 bridgehead atoms. The fraction of sp³-hybridized carbons (Fsp3) is 0.278. The van der Waals surface area contributed by atoms with Crippen molar-refractivity contribution in [1.82, 2.24) is 10.2 Å². The van der Waals surface area contributed by atoms with E-state index in [2.05, 4.69) is 5.32 Å². The van der Waals surface area contributed by atoms with Crippen molar-refractivity contribution in [2.45, 2.75) is 6.04 Å². The third-order valence-electron chi connectivity index (χ3n) is 3.73. The van der Waals surface area contributed by atoms with Gasteiger partial charge in [0.25, 0.3) is 5.91 Å². The number of nitrogens with zero attached hydrogens (tertiary/aromatic N) is 1. The van der Waals surface area contributed by atoms with Crippen molar-refractivity contribution in [2.24, 2.45) is 0 Å². The van der Waals surface area contributed by atoms with Crippen LogP contribution in [-0.2, 0) is 0 Å². The minimum Gasteiger partial charge on any atom is -0.497 e. The maximum absolute atomic E-state index is 13.7. The second kappa shape index (κ2) is 7.88. The van der Waals surface area contributed by atoms with Gasteiger partial charge in [0.1, 0.15) is 17.4 Å². The number of benzene rings is 2. The topological polar surface area (TPSA) is 41.6 Å². The van der Waals surface area contributed by atoms with Gasteiger partial charge in [0.05, 0.1) is 18.7 Å². The van der Waals surface area contributed by atoms with E-state index >= 15 is 0 Å². The van der Waals surface area contributed by atoms with Gasteiger partial charge in [-0.05, 0) is 50.0 Å². The molecular weight excluding hydrogens is 314 g/mol. The average molecular weight is 334 g/mol. The Morgan fingerprint density at radius 3 is 2.62 bits per heavy atom. The molecule has 6 heteroatoms. The second-order valence-corrected chi connectivity index (χ2v) is 5.59. The summed E-state index contributed by atoms with van der Waals surface area (Å²) < 4.78 is 32.1. The number of nitrogens with one attached hydrogen (secondary N) is 1. The lowest BCUT2D eigenvalue weighted by atomic mass is 10.1. The van der Waals surface area contributed by atoms with E-state index in [4.69, 9.17) is 4.74 Å². The van der Waals surface area contributed by atoms with Crippen LogP contribution in [0.3, 0.4) is 0 Å². The molecule has 0 aliphatic heterocycles. The highest BCUT2D eigenvalue weighted by Crippen LogP contribution is 2.22. The molecule has 24 heavy (non-hydrogen) atoms. The number of halogens is 2. The summed E-state index contributed by atoms with van der Waals surface area (Å²) in [6, 6.07) is 10.2. The van der Waals surface area contributed by atoms with E-state index in [1.54, 1.807) is 7.11 Å². The monoisotopic (exact) mass is 334 g/mol. The Balaban J connectivity index is 2.14. The maximum atomic E-state index is 13.7. The maximum Gasteiger partial charge on any atom is 0.254 e. The van der Waals surface area contributed by atoms with Gasteiger partial charge in [0.15, 0.2) is 0 Å². The van der Waals surface area contributed by atoms with Gasteiger partial charge >= 0.3 is 0 Å². The molecule has 1 atom stereocenters. The smallest absolute Gasteiger partial charge is 0.254 e. The predicted octanol–water partition coefficient (Wildman–Crippen LogP) is 3.01. The van der Waals surface area contributed by atoms with E-state index in [0.717, 1.165) is 23.8 Å². The Hall–Kier alpha value is -2.47. The Labute approximate surface area is 140 Å². The highest BCUT2D eigenvalue weighted by molar-refractivity contribution is 5.94. The third kappa shape index (κ3) is 4.29. The molecule has 1 amide bonds. The summed E-state index contributed by atoms with van der Waals surface area (Å²) in [5.41, 5.74) is 0.637. The largest absolute Gasteiger partial charge is 0.497 e. The summed E-state index contributed by atoms with van der Waals surface area (Å²) in [7, 11) is 5.33. The van der Waals surface area contributed by atoms with Crippen molar-refractivity contribution in [1.29, 1.82) is 0 Å². The molecule has 0 saturated carbocycles. The molecule has 0 fully saturated rings. The molecule has 0 aliphatic rings. The van der Waals surface area contributed by atoms with Crippen molar-refractivity contribution in [3.05, 3.63) is 65.2 Å². The fourth-order valence-corrected chi connectivity index (χ4v) is 2.40. The first-order valence-electron chi connectivity index (χ1n) is 7.46. The molecule has 0 radical (unpaired) electrons. The zero-order valence-electron chi connectivity index (χ0n) is 13.8. The lowest BCUT2D eigenvalue weighted by molar-refractivity contribution is 0.0937. The molecule has 0 aliphatic carbocycles. The number of likely N-dealkylation sites (N-methyl/N-ethyl adjacent to an activating group) is 1. The lowest BCUT2D eigenvalue weighted by Gasteiger charge is -2.25. The predicted molar refractivity (Wildman–Crippen MR) is 88.1 cm³/mol. The van der Waals surface area contributed by atoms with Crippen molar-refractivity contribution < 1.29 is 18.3 Å². The first-order chi connectivity index (χ1) is 11.4. The van der Waals surface area contributed by atoms with E-state index in [-0.39, 0.29) is 18.2 Å². The summed E-state index contributed by atoms with van der Waals surface area (Å²) >= 11 is 0. The molecule has 1 unspecified atom stereocenters. The van der Waals surface area contributed by atoms with Gasteiger partial charge < -0.3 is 15.0 Å². The van der Waals surface area contributed by atoms with Gasteiger partial charge in [0.2, 0.25) is 0 Å². The van der Waals surface area contributed by atoms with E-state index in [0.29, 0.717) is 5.75 Å². The van der Waals surface area contributed by atoms with Crippen LogP contribution in [0.15, 0.2) is 42.5 Å². The Kier molecular flexibility index (Phi) is 5.87. The number of ether oxygens (including phenoxy) is 1. The van der Waals surface area contributed by atoms with Gasteiger partial charge in [-0.3, -0.25) is 4.79 Å². The molecular formula is C18H20F2N2O2. The lowest BCUT2D eigenvalue weighted by Crippen LogP contribution is -2.35. The summed E-state index contributed by atoms with van der Waals surface area (Å²) in [6.45, 7) is 0.245. The van der Waals surface area contributed by atoms with Crippen LogP contribution in [0.25, 0.3) is 0 Å². The minimum atomic E-state index is -0.753. The average Bonchev–Trinajstić information content (AvgIpc) is 2.57. The number of hydrogen-bond donors (Lipinski definition) is 1. The van der Waals surface area contributed by atoms with Crippen molar-refractivity contribution >= 4 is 5.91 Å². The van der Waals surface area contributed by atoms with Crippen LogP contribution in [0.1, 0.15) is 22.0 Å². The van der Waals surface area contributed by atoms with Gasteiger partial charge in [0, 0.05) is 6.54 Å². The number of rotatable bonds is 6. The number of carbonyl (C=O) groups excluding carboxylic acids is 1. The molecule has 1 N–H and O–H groups in total. The van der Waals surface area contributed by atoms with E-state index in [1.165, 1.54) is 0 Å². The molecule has 2 rings (SSSR count). The highest BCUT2D eigenvalue weighted by atomic mass is 19.1. The van der Waals surface area contributed by atoms with Crippen LogP contribution < -0.4 is 10.1 Å². The molecule has 0 saturated heterocycles. The van der Waals surface area contributed by atoms with Crippen molar-refractivity contribution in [3.63, 3.8) is 0 Å². The molecule has 4 nitrogen and oxygen atoms in total. The minimum absolute atomic E-state index is 0.138. The highest BCUT2D eigenvalue weighted by Gasteiger charge is 2.18. The molecule has 128 valence electrons. The Bertz CT molecular complexity index is 720. The number of carbonyl (C=O) groups is 1. The third-order valence-corrected chi connectivity index (χ3v) is 3.73. The van der Waals surface area contributed by atoms with Crippen LogP contribution in [0, 0.1) is 11.6 Å². The zero-order chi connectivity index (χ0) is 17.7. The quantitative estimate of drug-likeness (QED) is 0.883. The van der Waals surface area contributed by atoms with Crippen LogP contribution in [-0.4, -0.2) is 38.6 Å². The van der Waals surface area contributed by atoms with Crippen LogP contribution in [0.5, 0.6) is 5.75 Å². The Morgan fingerprint density at radius 1 is 1.21 bits per heavy atom. The van der Waals surface area contributed by atoms with Gasteiger partial charge in [-0.2, -0.15) is 0 Å². The number of amides is 1. The number of methoxy groups -OCH3 is 1. The van der Waals surface area contributed by atoms with E-state index in [9.17, 15) is 13.6 Å². The van der Waals surface area contributed by atoms with Crippen molar-refractivity contribution in [2.75, 3.05) is 27.7 Å². The first-order valence-corrected chi connectivity index (χ1v) is 7.46. The second-order valence-electron chi connectivity index (χ2n) is 5.59. The summed E-state index contributed by atoms with van der Waals surface area (Å²) in [5, 5.41) is 2.66. The molecule has 0 spiro atoms. The molecule has 0 aromatic heterocycles. The molecule has 0 heterocycles. The zero-order valence-corrected chi connectivity index (χ0v) is 13.8. The van der Waals surface area contributed by atoms with Crippen LogP contribution in [0.2, 0.25) is 0 Å². The molecule has 2 aromatic carbocycles. The van der Waals surface area contributed by atoms with Crippen molar-refractivity contribution in [3.8, 4) is 5.75 Å². The van der Waals surface area contributed by atoms with Crippen LogP contribution >= 0.6 is 0 Å². The Morgan fingerprint density at radius 2 is 1.96 bits per heavy atom. The summed E-state index contributed by atoms with van der Waals surface area (Å²) in [6.07, 6.45) is 0. The van der Waals surface area contributed by atoms with Gasteiger partial charge in [-0.25, -0.2) is 8.78 Å². The van der Waals surface area contributed by atoms with E-state index < -0.39 is 17.5 Å². The van der Waals surface area contributed by atoms with E-state index in [1.807, 2.05) is 43.3 Å². The van der Waals surface area contributed by atoms with Gasteiger partial charge in [-0.1, -0.05) is 12.1 Å². The summed E-state index contributed by atoms with van der Waals surface area (Å²) in [5.74, 6) is -1.35.